The molecule has 0 bridgehead atoms. The van der Waals surface area contributed by atoms with Crippen LogP contribution >= 0.6 is 0 Å². The lowest BCUT2D eigenvalue weighted by Crippen LogP contribution is -1.99. The Balaban J connectivity index is 2.18. The van der Waals surface area contributed by atoms with Gasteiger partial charge in [-0.1, -0.05) is 12.1 Å². The van der Waals surface area contributed by atoms with Crippen LogP contribution in [0.2, 0.25) is 0 Å². The van der Waals surface area contributed by atoms with Crippen molar-refractivity contribution in [2.24, 2.45) is 0 Å². The third-order valence-corrected chi connectivity index (χ3v) is 2.39. The van der Waals surface area contributed by atoms with Crippen LogP contribution in [0.25, 0.3) is 17.1 Å². The van der Waals surface area contributed by atoms with Gasteiger partial charge in [0, 0.05) is 18.0 Å². The quantitative estimate of drug-likeness (QED) is 0.663. The van der Waals surface area contributed by atoms with Gasteiger partial charge in [0.1, 0.15) is 12.7 Å². The lowest BCUT2D eigenvalue weighted by atomic mass is 10.1. The van der Waals surface area contributed by atoms with Crippen LogP contribution in [0.4, 0.5) is 0 Å². The molecule has 0 aliphatic rings. The first kappa shape index (κ1) is 9.65. The van der Waals surface area contributed by atoms with E-state index in [0.29, 0.717) is 5.82 Å². The van der Waals surface area contributed by atoms with Gasteiger partial charge in [0.05, 0.1) is 5.69 Å². The van der Waals surface area contributed by atoms with Crippen LogP contribution in [0.3, 0.4) is 0 Å². The van der Waals surface area contributed by atoms with E-state index in [1.165, 1.54) is 12.7 Å². The van der Waals surface area contributed by atoms with Gasteiger partial charge in [-0.2, -0.15) is 5.10 Å². The van der Waals surface area contributed by atoms with Gasteiger partial charge in [0.15, 0.2) is 5.82 Å². The first-order valence-electron chi connectivity index (χ1n) is 5.16. The van der Waals surface area contributed by atoms with Gasteiger partial charge in [-0.05, 0) is 18.2 Å². The highest BCUT2D eigenvalue weighted by Crippen LogP contribution is 2.21. The average molecular weight is 223 g/mol. The van der Waals surface area contributed by atoms with Gasteiger partial charge < -0.3 is 0 Å². The minimum Gasteiger partial charge on any atom is -0.240 e. The Morgan fingerprint density at radius 3 is 2.53 bits per heavy atom. The van der Waals surface area contributed by atoms with E-state index in [2.05, 4.69) is 20.1 Å². The minimum atomic E-state index is 0.645. The van der Waals surface area contributed by atoms with Crippen molar-refractivity contribution in [3.05, 3.63) is 55.4 Å². The van der Waals surface area contributed by atoms with Crippen molar-refractivity contribution >= 4 is 0 Å². The van der Waals surface area contributed by atoms with Gasteiger partial charge in [-0.3, -0.25) is 0 Å². The normalized spacial score (nSPS) is 10.4. The van der Waals surface area contributed by atoms with Crippen LogP contribution in [0.5, 0.6) is 0 Å². The zero-order chi connectivity index (χ0) is 11.5. The van der Waals surface area contributed by atoms with Crippen molar-refractivity contribution in [2.75, 3.05) is 0 Å². The fourth-order valence-electron chi connectivity index (χ4n) is 1.65. The van der Waals surface area contributed by atoms with Crippen LogP contribution in [0, 0.1) is 0 Å². The van der Waals surface area contributed by atoms with Crippen LogP contribution in [0.1, 0.15) is 0 Å². The van der Waals surface area contributed by atoms with E-state index in [1.807, 2.05) is 36.5 Å². The van der Waals surface area contributed by atoms with E-state index in [4.69, 9.17) is 0 Å². The van der Waals surface area contributed by atoms with E-state index < -0.39 is 0 Å². The largest absolute Gasteiger partial charge is 0.240 e. The Kier molecular flexibility index (Phi) is 2.34. The summed E-state index contributed by atoms with van der Waals surface area (Å²) in [5, 5.41) is 4.22. The summed E-state index contributed by atoms with van der Waals surface area (Å²) in [6.45, 7) is 0. The van der Waals surface area contributed by atoms with E-state index in [1.54, 1.807) is 10.9 Å². The zero-order valence-corrected chi connectivity index (χ0v) is 8.93. The second kappa shape index (κ2) is 4.13. The lowest BCUT2D eigenvalue weighted by Gasteiger charge is -2.07. The second-order valence-electron chi connectivity index (χ2n) is 3.43. The van der Waals surface area contributed by atoms with Crippen molar-refractivity contribution in [2.45, 2.75) is 0 Å². The summed E-state index contributed by atoms with van der Waals surface area (Å²) in [5.41, 5.74) is 1.88. The van der Waals surface area contributed by atoms with Gasteiger partial charge in [0.25, 0.3) is 0 Å². The fraction of sp³-hybridized carbons (Fsp3) is 0. The summed E-state index contributed by atoms with van der Waals surface area (Å²) in [6, 6.07) is 9.73. The molecule has 0 N–H and O–H groups in total. The molecule has 17 heavy (non-hydrogen) atoms. The highest BCUT2D eigenvalue weighted by Gasteiger charge is 2.08. The molecule has 0 amide bonds. The van der Waals surface area contributed by atoms with Crippen molar-refractivity contribution in [3.63, 3.8) is 0 Å². The lowest BCUT2D eigenvalue weighted by molar-refractivity contribution is 0.879. The summed E-state index contributed by atoms with van der Waals surface area (Å²) < 4.78 is 1.79. The van der Waals surface area contributed by atoms with Crippen LogP contribution in [-0.4, -0.2) is 24.7 Å². The maximum absolute atomic E-state index is 4.22. The average Bonchev–Trinajstić information content (AvgIpc) is 2.94. The van der Waals surface area contributed by atoms with Crippen LogP contribution < -0.4 is 0 Å². The predicted molar refractivity (Wildman–Crippen MR) is 62.4 cm³/mol. The smallest absolute Gasteiger partial charge is 0.164 e. The summed E-state index contributed by atoms with van der Waals surface area (Å²) in [4.78, 5) is 12.1. The molecule has 0 unspecified atom stereocenters. The number of hydrogen-bond acceptors (Lipinski definition) is 4. The molecular formula is C12H9N5. The molecule has 0 saturated carbocycles. The molecule has 82 valence electrons. The Labute approximate surface area is 97.8 Å². The summed E-state index contributed by atoms with van der Waals surface area (Å²) in [7, 11) is 0. The second-order valence-corrected chi connectivity index (χ2v) is 3.43. The highest BCUT2D eigenvalue weighted by atomic mass is 15.3. The number of aromatic nitrogens is 5. The maximum Gasteiger partial charge on any atom is 0.164 e. The molecule has 0 saturated heterocycles. The number of benzene rings is 1. The standard InChI is InChI=1S/C12H9N5/c1-2-5-11(17-7-3-6-16-17)10(4-1)12-14-8-13-9-15-12/h1-9H. The fourth-order valence-corrected chi connectivity index (χ4v) is 1.65. The molecular weight excluding hydrogens is 214 g/mol. The minimum absolute atomic E-state index is 0.645. The number of nitrogens with zero attached hydrogens (tertiary/aromatic N) is 5. The SMILES string of the molecule is c1ccc(-n2cccn2)c(-c2ncncn2)c1. The number of hydrogen-bond donors (Lipinski definition) is 0. The molecule has 0 fully saturated rings. The third kappa shape index (κ3) is 1.78. The molecule has 3 rings (SSSR count). The molecule has 3 aromatic rings. The van der Waals surface area contributed by atoms with Gasteiger partial charge in [-0.15, -0.1) is 0 Å². The third-order valence-electron chi connectivity index (χ3n) is 2.39. The van der Waals surface area contributed by atoms with Crippen molar-refractivity contribution < 1.29 is 0 Å². The molecule has 5 nitrogen and oxygen atoms in total. The van der Waals surface area contributed by atoms with Crippen molar-refractivity contribution in [1.82, 2.24) is 24.7 Å². The van der Waals surface area contributed by atoms with Gasteiger partial charge in [0.2, 0.25) is 0 Å². The van der Waals surface area contributed by atoms with Gasteiger partial charge >= 0.3 is 0 Å². The maximum atomic E-state index is 4.22. The van der Waals surface area contributed by atoms with Crippen molar-refractivity contribution in [3.8, 4) is 17.1 Å². The Hall–Kier alpha value is -2.56. The van der Waals surface area contributed by atoms with Crippen LogP contribution in [0.15, 0.2) is 55.4 Å². The van der Waals surface area contributed by atoms with Crippen LogP contribution in [-0.2, 0) is 0 Å². The van der Waals surface area contributed by atoms with E-state index >= 15 is 0 Å². The first-order chi connectivity index (χ1) is 8.45. The molecule has 1 aromatic carbocycles. The van der Waals surface area contributed by atoms with Crippen molar-refractivity contribution in [1.29, 1.82) is 0 Å². The Morgan fingerprint density at radius 2 is 1.76 bits per heavy atom. The Bertz CT molecular complexity index is 604. The monoisotopic (exact) mass is 223 g/mol. The topological polar surface area (TPSA) is 56.5 Å². The summed E-state index contributed by atoms with van der Waals surface area (Å²) in [5.74, 6) is 0.645. The molecule has 0 atom stereocenters. The Morgan fingerprint density at radius 1 is 0.941 bits per heavy atom. The molecule has 0 spiro atoms. The summed E-state index contributed by atoms with van der Waals surface area (Å²) >= 11 is 0. The van der Waals surface area contributed by atoms with E-state index in [9.17, 15) is 0 Å². The first-order valence-corrected chi connectivity index (χ1v) is 5.16. The summed E-state index contributed by atoms with van der Waals surface area (Å²) in [6.07, 6.45) is 6.61. The molecule has 5 heteroatoms. The molecule has 2 heterocycles. The zero-order valence-electron chi connectivity index (χ0n) is 8.93. The van der Waals surface area contributed by atoms with E-state index in [0.717, 1.165) is 11.3 Å². The van der Waals surface area contributed by atoms with E-state index in [-0.39, 0.29) is 0 Å². The molecule has 0 radical (unpaired) electrons. The van der Waals surface area contributed by atoms with Gasteiger partial charge in [-0.25, -0.2) is 19.6 Å². The molecule has 0 aliphatic carbocycles. The molecule has 0 aliphatic heterocycles. The molecule has 2 aromatic heterocycles. The highest BCUT2D eigenvalue weighted by molar-refractivity contribution is 5.66. The number of rotatable bonds is 2. The predicted octanol–water partition coefficient (Wildman–Crippen LogP) is 1.72. The number of para-hydroxylation sites is 1.